The Hall–Kier alpha value is -2.50. The molecule has 0 spiro atoms. The number of aliphatic hydroxyl groups is 1. The first-order valence-corrected chi connectivity index (χ1v) is 11.2. The van der Waals surface area contributed by atoms with Gasteiger partial charge in [0.05, 0.1) is 18.9 Å². The van der Waals surface area contributed by atoms with Gasteiger partial charge in [0.25, 0.3) is 0 Å². The summed E-state index contributed by atoms with van der Waals surface area (Å²) in [5.74, 6) is -4.39. The second-order valence-electron chi connectivity index (χ2n) is 6.49. The van der Waals surface area contributed by atoms with Crippen LogP contribution < -0.4 is 22.9 Å². The number of nitrogens with two attached hydrogens (primary N) is 4. The average molecular weight is 519 g/mol. The van der Waals surface area contributed by atoms with E-state index in [2.05, 4.69) is 0 Å². The molecule has 0 aromatic rings. The minimum atomic E-state index is -1.18. The SMILES string of the molecule is CSCC[C@H](N)C(=O)O.C[C@@H](O)[C@H](N)C(=O)O.NCCC[C@H](N)C(=O)O.O=C(O)CCC(=O)O. The standard InChI is InChI=1S/C5H12N2O2.C5H11NO2S.C4H9NO3.C4H6O4/c6-3-1-2-4(7)5(8)9;1-9-3-2-4(6)5(7)8;1-2(6)3(5)4(7)8;5-3(6)1-2-4(7)8/h4H,1-3,6-7H2,(H,8,9);4H,2-3,6H2,1H3,(H,7,8);2-3,6H,5H2,1H3,(H,7,8);1-2H2,(H,5,6)(H,7,8)/t2*4-;2-,3+;/m001./s1. The first-order chi connectivity index (χ1) is 15.5. The number of carboxylic acid groups (broad SMARTS) is 5. The van der Waals surface area contributed by atoms with Crippen LogP contribution in [0.15, 0.2) is 0 Å². The van der Waals surface area contributed by atoms with Gasteiger partial charge in [-0.15, -0.1) is 0 Å². The first-order valence-electron chi connectivity index (χ1n) is 9.80. The molecular weight excluding hydrogens is 480 g/mol. The lowest BCUT2D eigenvalue weighted by atomic mass is 10.2. The van der Waals surface area contributed by atoms with E-state index in [1.807, 2.05) is 6.26 Å². The van der Waals surface area contributed by atoms with Crippen LogP contribution in [0.5, 0.6) is 0 Å². The van der Waals surface area contributed by atoms with Crippen molar-refractivity contribution in [1.82, 2.24) is 0 Å². The minimum Gasteiger partial charge on any atom is -0.481 e. The molecule has 0 heterocycles. The molecule has 0 aromatic heterocycles. The molecule has 34 heavy (non-hydrogen) atoms. The molecule has 0 rings (SSSR count). The normalized spacial score (nSPS) is 13.0. The van der Waals surface area contributed by atoms with E-state index in [4.69, 9.17) is 53.6 Å². The zero-order valence-corrected chi connectivity index (χ0v) is 20.0. The minimum absolute atomic E-state index is 0.296. The molecule has 0 aliphatic heterocycles. The zero-order chi connectivity index (χ0) is 27.9. The molecule has 4 atom stereocenters. The van der Waals surface area contributed by atoms with Crippen molar-refractivity contribution >= 4 is 41.6 Å². The van der Waals surface area contributed by atoms with Crippen molar-refractivity contribution in [2.45, 2.75) is 63.3 Å². The Bertz CT molecular complexity index is 556. The molecule has 0 saturated carbocycles. The fraction of sp³-hybridized carbons (Fsp3) is 0.722. The Morgan fingerprint density at radius 3 is 1.35 bits per heavy atom. The van der Waals surface area contributed by atoms with Crippen LogP contribution in [0.25, 0.3) is 0 Å². The van der Waals surface area contributed by atoms with E-state index in [1.54, 1.807) is 11.8 Å². The Morgan fingerprint density at radius 2 is 1.15 bits per heavy atom. The van der Waals surface area contributed by atoms with Crippen LogP contribution in [0.3, 0.4) is 0 Å². The second kappa shape index (κ2) is 25.1. The van der Waals surface area contributed by atoms with Crippen molar-refractivity contribution in [3.05, 3.63) is 0 Å². The summed E-state index contributed by atoms with van der Waals surface area (Å²) in [5.41, 5.74) is 20.4. The number of thioether (sulfide) groups is 1. The fourth-order valence-electron chi connectivity index (χ4n) is 1.25. The van der Waals surface area contributed by atoms with Gasteiger partial charge in [-0.25, -0.2) is 0 Å². The van der Waals surface area contributed by atoms with Gasteiger partial charge in [-0.2, -0.15) is 11.8 Å². The molecule has 0 fully saturated rings. The summed E-state index contributed by atoms with van der Waals surface area (Å²) in [6, 6.07) is -2.58. The Morgan fingerprint density at radius 1 is 0.765 bits per heavy atom. The van der Waals surface area contributed by atoms with Crippen LogP contribution in [-0.4, -0.2) is 103 Å². The number of hydrogen-bond donors (Lipinski definition) is 10. The van der Waals surface area contributed by atoms with Crippen molar-refractivity contribution < 1.29 is 54.6 Å². The Kier molecular flexibility index (Phi) is 28.6. The summed E-state index contributed by atoms with van der Waals surface area (Å²) in [4.78, 5) is 49.2. The third-order valence-corrected chi connectivity index (χ3v) is 3.99. The zero-order valence-electron chi connectivity index (χ0n) is 19.2. The van der Waals surface area contributed by atoms with E-state index in [-0.39, 0.29) is 12.8 Å². The van der Waals surface area contributed by atoms with Crippen molar-refractivity contribution in [3.63, 3.8) is 0 Å². The maximum absolute atomic E-state index is 10.1. The molecule has 14 N–H and O–H groups in total. The number of carboxylic acids is 5. The fourth-order valence-corrected chi connectivity index (χ4v) is 1.74. The lowest BCUT2D eigenvalue weighted by Gasteiger charge is -2.06. The summed E-state index contributed by atoms with van der Waals surface area (Å²) >= 11 is 1.60. The molecule has 0 unspecified atom stereocenters. The molecule has 202 valence electrons. The first kappa shape index (κ1) is 38.7. The topological polar surface area (TPSA) is 311 Å². The monoisotopic (exact) mass is 518 g/mol. The summed E-state index contributed by atoms with van der Waals surface area (Å²) in [5, 5.41) is 48.9. The Balaban J connectivity index is -0.000000177. The number of aliphatic carboxylic acids is 5. The molecule has 0 aliphatic carbocycles. The van der Waals surface area contributed by atoms with Crippen molar-refractivity contribution in [3.8, 4) is 0 Å². The smallest absolute Gasteiger partial charge is 0.323 e. The highest BCUT2D eigenvalue weighted by atomic mass is 32.2. The highest BCUT2D eigenvalue weighted by Crippen LogP contribution is 1.97. The maximum atomic E-state index is 10.1. The maximum Gasteiger partial charge on any atom is 0.323 e. The van der Waals surface area contributed by atoms with Gasteiger partial charge in [0.2, 0.25) is 0 Å². The summed E-state index contributed by atoms with van der Waals surface area (Å²) in [6.45, 7) is 1.83. The van der Waals surface area contributed by atoms with E-state index < -0.39 is 54.1 Å². The summed E-state index contributed by atoms with van der Waals surface area (Å²) in [6.07, 6.45) is 2.04. The van der Waals surface area contributed by atoms with E-state index in [0.717, 1.165) is 5.75 Å². The van der Waals surface area contributed by atoms with E-state index in [1.165, 1.54) is 6.92 Å². The highest BCUT2D eigenvalue weighted by Gasteiger charge is 2.16. The largest absolute Gasteiger partial charge is 0.481 e. The molecule has 0 aromatic carbocycles. The van der Waals surface area contributed by atoms with Gasteiger partial charge < -0.3 is 53.6 Å². The van der Waals surface area contributed by atoms with Gasteiger partial charge in [0.1, 0.15) is 18.1 Å². The molecule has 0 amide bonds. The molecule has 0 bridgehead atoms. The van der Waals surface area contributed by atoms with E-state index >= 15 is 0 Å². The highest BCUT2D eigenvalue weighted by molar-refractivity contribution is 7.98. The van der Waals surface area contributed by atoms with Crippen molar-refractivity contribution in [1.29, 1.82) is 0 Å². The quantitative estimate of drug-likeness (QED) is 0.126. The van der Waals surface area contributed by atoms with Crippen molar-refractivity contribution in [2.75, 3.05) is 18.6 Å². The van der Waals surface area contributed by atoms with Gasteiger partial charge >= 0.3 is 29.8 Å². The van der Waals surface area contributed by atoms with Crippen LogP contribution in [0.4, 0.5) is 0 Å². The van der Waals surface area contributed by atoms with E-state index in [0.29, 0.717) is 25.8 Å². The van der Waals surface area contributed by atoms with Gasteiger partial charge in [-0.3, -0.25) is 24.0 Å². The Labute approximate surface area is 201 Å². The lowest BCUT2D eigenvalue weighted by Crippen LogP contribution is -2.39. The number of hydrogen-bond acceptors (Lipinski definition) is 11. The van der Waals surface area contributed by atoms with Crippen LogP contribution >= 0.6 is 11.8 Å². The third kappa shape index (κ3) is 34.1. The molecule has 0 saturated heterocycles. The summed E-state index contributed by atoms with van der Waals surface area (Å²) in [7, 11) is 0. The molecule has 0 aliphatic rings. The number of aliphatic hydroxyl groups excluding tert-OH is 1. The summed E-state index contributed by atoms with van der Waals surface area (Å²) < 4.78 is 0. The van der Waals surface area contributed by atoms with Gasteiger partial charge in [0, 0.05) is 0 Å². The molecular formula is C18H38N4O11S. The molecule has 15 nitrogen and oxygen atoms in total. The second-order valence-corrected chi connectivity index (χ2v) is 7.48. The van der Waals surface area contributed by atoms with Crippen molar-refractivity contribution in [2.24, 2.45) is 22.9 Å². The van der Waals surface area contributed by atoms with Gasteiger partial charge in [0.15, 0.2) is 0 Å². The van der Waals surface area contributed by atoms with E-state index in [9.17, 15) is 24.0 Å². The number of rotatable bonds is 13. The predicted octanol–water partition coefficient (Wildman–Crippen LogP) is -2.00. The lowest BCUT2D eigenvalue weighted by molar-refractivity contribution is -0.143. The third-order valence-electron chi connectivity index (χ3n) is 3.34. The predicted molar refractivity (Wildman–Crippen MR) is 124 cm³/mol. The molecule has 16 heteroatoms. The van der Waals surface area contributed by atoms with Crippen LogP contribution in [0.2, 0.25) is 0 Å². The van der Waals surface area contributed by atoms with Crippen LogP contribution in [0.1, 0.15) is 39.0 Å². The van der Waals surface area contributed by atoms with Crippen LogP contribution in [0, 0.1) is 0 Å². The number of carbonyl (C=O) groups is 5. The van der Waals surface area contributed by atoms with Gasteiger partial charge in [-0.05, 0) is 44.7 Å². The van der Waals surface area contributed by atoms with Gasteiger partial charge in [-0.1, -0.05) is 0 Å². The molecule has 0 radical (unpaired) electrons. The van der Waals surface area contributed by atoms with Crippen LogP contribution in [-0.2, 0) is 24.0 Å². The average Bonchev–Trinajstić information content (AvgIpc) is 2.74.